The van der Waals surface area contributed by atoms with Gasteiger partial charge in [-0.05, 0) is 35.4 Å². The molecule has 0 spiro atoms. The minimum Gasteiger partial charge on any atom is -0.355 e. The van der Waals surface area contributed by atoms with Gasteiger partial charge in [-0.15, -0.1) is 11.6 Å². The van der Waals surface area contributed by atoms with Crippen LogP contribution in [0.4, 0.5) is 8.78 Å². The highest BCUT2D eigenvalue weighted by molar-refractivity contribution is 6.18. The summed E-state index contributed by atoms with van der Waals surface area (Å²) < 4.78 is 31.9. The van der Waals surface area contributed by atoms with Crippen molar-refractivity contribution in [3.63, 3.8) is 0 Å². The van der Waals surface area contributed by atoms with E-state index >= 15 is 0 Å². The molecule has 1 heterocycles. The van der Waals surface area contributed by atoms with Crippen molar-refractivity contribution in [2.75, 3.05) is 5.88 Å². The van der Waals surface area contributed by atoms with Crippen molar-refractivity contribution in [3.8, 4) is 0 Å². The summed E-state index contributed by atoms with van der Waals surface area (Å²) in [7, 11) is 0. The highest BCUT2D eigenvalue weighted by Crippen LogP contribution is 2.57. The molecule has 3 rings (SSSR count). The first-order chi connectivity index (χ1) is 9.15. The molecule has 0 aromatic heterocycles. The van der Waals surface area contributed by atoms with Crippen molar-refractivity contribution >= 4 is 11.6 Å². The summed E-state index contributed by atoms with van der Waals surface area (Å²) in [6.07, 6.45) is -0.257. The van der Waals surface area contributed by atoms with E-state index in [1.165, 1.54) is 24.3 Å². The highest BCUT2D eigenvalue weighted by Gasteiger charge is 2.58. The maximum atomic E-state index is 13.3. The average molecular weight is 281 g/mol. The third-order valence-corrected chi connectivity index (χ3v) is 3.78. The first kappa shape index (κ1) is 12.6. The zero-order valence-corrected chi connectivity index (χ0v) is 10.7. The fourth-order valence-electron chi connectivity index (χ4n) is 2.30. The standard InChI is InChI=1S/C15H11ClF2O/c16-9-15(11-2-1-3-13(18)8-11)14(19-15)10-4-6-12(17)7-5-10/h1-8,14H,9H2. The third kappa shape index (κ3) is 2.13. The molecule has 1 nitrogen and oxygen atoms in total. The van der Waals surface area contributed by atoms with Crippen LogP contribution in [-0.4, -0.2) is 5.88 Å². The van der Waals surface area contributed by atoms with E-state index < -0.39 is 5.60 Å². The molecule has 0 bridgehead atoms. The Hall–Kier alpha value is -1.45. The lowest BCUT2D eigenvalue weighted by Crippen LogP contribution is -2.12. The molecule has 19 heavy (non-hydrogen) atoms. The lowest BCUT2D eigenvalue weighted by Gasteiger charge is -2.10. The Morgan fingerprint density at radius 3 is 2.42 bits per heavy atom. The van der Waals surface area contributed by atoms with Crippen LogP contribution < -0.4 is 0 Å². The van der Waals surface area contributed by atoms with Gasteiger partial charge in [0.2, 0.25) is 0 Å². The largest absolute Gasteiger partial charge is 0.355 e. The van der Waals surface area contributed by atoms with E-state index in [2.05, 4.69) is 0 Å². The molecule has 2 unspecified atom stereocenters. The molecule has 4 heteroatoms. The van der Waals surface area contributed by atoms with E-state index in [1.54, 1.807) is 24.3 Å². The number of rotatable bonds is 3. The number of alkyl halides is 1. The fourth-order valence-corrected chi connectivity index (χ4v) is 2.66. The van der Waals surface area contributed by atoms with Crippen LogP contribution >= 0.6 is 11.6 Å². The lowest BCUT2D eigenvalue weighted by atomic mass is 9.93. The van der Waals surface area contributed by atoms with Gasteiger partial charge in [-0.25, -0.2) is 8.78 Å². The summed E-state index contributed by atoms with van der Waals surface area (Å²) in [6.45, 7) is 0. The van der Waals surface area contributed by atoms with Gasteiger partial charge in [0, 0.05) is 0 Å². The van der Waals surface area contributed by atoms with Crippen LogP contribution in [0.1, 0.15) is 17.2 Å². The first-order valence-electron chi connectivity index (χ1n) is 5.91. The molecule has 1 fully saturated rings. The molecule has 2 aromatic rings. The summed E-state index contributed by atoms with van der Waals surface area (Å²) >= 11 is 6.00. The summed E-state index contributed by atoms with van der Waals surface area (Å²) in [4.78, 5) is 0. The van der Waals surface area contributed by atoms with Crippen molar-refractivity contribution in [2.45, 2.75) is 11.7 Å². The van der Waals surface area contributed by atoms with Gasteiger partial charge in [0.15, 0.2) is 0 Å². The maximum Gasteiger partial charge on any atom is 0.138 e. The van der Waals surface area contributed by atoms with E-state index in [9.17, 15) is 8.78 Å². The van der Waals surface area contributed by atoms with Crippen molar-refractivity contribution in [3.05, 3.63) is 71.3 Å². The zero-order valence-electron chi connectivity index (χ0n) is 9.95. The fraction of sp³-hybridized carbons (Fsp3) is 0.200. The minimum atomic E-state index is -0.707. The number of benzene rings is 2. The van der Waals surface area contributed by atoms with E-state index in [-0.39, 0.29) is 23.6 Å². The average Bonchev–Trinajstić information content (AvgIpc) is 3.16. The predicted molar refractivity (Wildman–Crippen MR) is 69.0 cm³/mol. The monoisotopic (exact) mass is 280 g/mol. The molecule has 98 valence electrons. The Kier molecular flexibility index (Phi) is 3.03. The van der Waals surface area contributed by atoms with E-state index in [1.807, 2.05) is 0 Å². The highest BCUT2D eigenvalue weighted by atomic mass is 35.5. The van der Waals surface area contributed by atoms with Crippen LogP contribution in [0.15, 0.2) is 48.5 Å². The Balaban J connectivity index is 1.94. The molecule has 0 aliphatic carbocycles. The van der Waals surface area contributed by atoms with Gasteiger partial charge in [0.1, 0.15) is 23.3 Å². The number of ether oxygens (including phenoxy) is 1. The molecular weight excluding hydrogens is 270 g/mol. The second kappa shape index (κ2) is 4.58. The van der Waals surface area contributed by atoms with Crippen molar-refractivity contribution in [1.29, 1.82) is 0 Å². The van der Waals surface area contributed by atoms with Gasteiger partial charge >= 0.3 is 0 Å². The summed E-state index contributed by atoms with van der Waals surface area (Å²) in [6, 6.07) is 12.3. The van der Waals surface area contributed by atoms with Crippen LogP contribution in [-0.2, 0) is 10.3 Å². The predicted octanol–water partition coefficient (Wildman–Crippen LogP) is 4.17. The van der Waals surface area contributed by atoms with E-state index in [0.29, 0.717) is 5.56 Å². The normalized spacial score (nSPS) is 25.3. The molecule has 1 saturated heterocycles. The van der Waals surface area contributed by atoms with Gasteiger partial charge in [0.25, 0.3) is 0 Å². The first-order valence-corrected chi connectivity index (χ1v) is 6.44. The number of hydrogen-bond acceptors (Lipinski definition) is 1. The zero-order chi connectivity index (χ0) is 13.5. The molecule has 2 atom stereocenters. The SMILES string of the molecule is Fc1ccc(C2OC2(CCl)c2cccc(F)c2)cc1. The molecule has 1 aliphatic rings. The van der Waals surface area contributed by atoms with E-state index in [4.69, 9.17) is 16.3 Å². The Bertz CT molecular complexity index is 599. The Labute approximate surface area is 114 Å². The van der Waals surface area contributed by atoms with Gasteiger partial charge in [-0.1, -0.05) is 24.3 Å². The van der Waals surface area contributed by atoms with Crippen molar-refractivity contribution in [2.24, 2.45) is 0 Å². The summed E-state index contributed by atoms with van der Waals surface area (Å²) in [5.74, 6) is -0.402. The number of hydrogen-bond donors (Lipinski definition) is 0. The van der Waals surface area contributed by atoms with Crippen LogP contribution in [0.3, 0.4) is 0 Å². The quantitative estimate of drug-likeness (QED) is 0.607. The smallest absolute Gasteiger partial charge is 0.138 e. The van der Waals surface area contributed by atoms with E-state index in [0.717, 1.165) is 5.56 Å². The second-order valence-corrected chi connectivity index (χ2v) is 4.85. The molecular formula is C15H11ClF2O. The molecule has 0 amide bonds. The van der Waals surface area contributed by atoms with Crippen LogP contribution in [0.5, 0.6) is 0 Å². The maximum absolute atomic E-state index is 13.3. The van der Waals surface area contributed by atoms with Crippen molar-refractivity contribution in [1.82, 2.24) is 0 Å². The van der Waals surface area contributed by atoms with Crippen LogP contribution in [0, 0.1) is 11.6 Å². The lowest BCUT2D eigenvalue weighted by molar-refractivity contribution is 0.315. The summed E-state index contributed by atoms with van der Waals surface area (Å²) in [5, 5.41) is 0. The van der Waals surface area contributed by atoms with Crippen molar-refractivity contribution < 1.29 is 13.5 Å². The van der Waals surface area contributed by atoms with Gasteiger partial charge < -0.3 is 4.74 Å². The Morgan fingerprint density at radius 2 is 1.79 bits per heavy atom. The molecule has 0 N–H and O–H groups in total. The van der Waals surface area contributed by atoms with Gasteiger partial charge in [0.05, 0.1) is 5.88 Å². The molecule has 0 radical (unpaired) electrons. The minimum absolute atomic E-state index is 0.221. The number of halogens is 3. The molecule has 0 saturated carbocycles. The topological polar surface area (TPSA) is 12.5 Å². The van der Waals surface area contributed by atoms with Crippen LogP contribution in [0.2, 0.25) is 0 Å². The molecule has 2 aromatic carbocycles. The molecule has 1 aliphatic heterocycles. The second-order valence-electron chi connectivity index (χ2n) is 4.58. The Morgan fingerprint density at radius 1 is 1.05 bits per heavy atom. The third-order valence-electron chi connectivity index (χ3n) is 3.38. The van der Waals surface area contributed by atoms with Gasteiger partial charge in [-0.2, -0.15) is 0 Å². The van der Waals surface area contributed by atoms with Gasteiger partial charge in [-0.3, -0.25) is 0 Å². The number of epoxide rings is 1. The summed E-state index contributed by atoms with van der Waals surface area (Å²) in [5.41, 5.74) is 0.838. The van der Waals surface area contributed by atoms with Crippen LogP contribution in [0.25, 0.3) is 0 Å².